The molecule has 156 valence electrons. The number of aryl methyl sites for hydroxylation is 2. The Morgan fingerprint density at radius 1 is 1.03 bits per heavy atom. The van der Waals surface area contributed by atoms with Gasteiger partial charge >= 0.3 is 0 Å². The van der Waals surface area contributed by atoms with Crippen LogP contribution in [0.5, 0.6) is 5.75 Å². The highest BCUT2D eigenvalue weighted by atomic mass is 16.5. The second kappa shape index (κ2) is 10.6. The minimum Gasteiger partial charge on any atom is -0.484 e. The Kier molecular flexibility index (Phi) is 8.25. The molecule has 2 amide bonds. The van der Waals surface area contributed by atoms with Crippen molar-refractivity contribution in [2.24, 2.45) is 0 Å². The molecule has 1 N–H and O–H groups in total. The summed E-state index contributed by atoms with van der Waals surface area (Å²) in [5.41, 5.74) is 3.19. The van der Waals surface area contributed by atoms with E-state index >= 15 is 0 Å². The quantitative estimate of drug-likeness (QED) is 0.697. The van der Waals surface area contributed by atoms with Gasteiger partial charge in [0.1, 0.15) is 11.8 Å². The summed E-state index contributed by atoms with van der Waals surface area (Å²) in [5, 5.41) is 2.97. The van der Waals surface area contributed by atoms with Gasteiger partial charge in [-0.1, -0.05) is 48.9 Å². The maximum Gasteiger partial charge on any atom is 0.261 e. The monoisotopic (exact) mass is 396 g/mol. The number of ether oxygens (including phenoxy) is 1. The Bertz CT molecular complexity index is 817. The molecule has 0 unspecified atom stereocenters. The van der Waals surface area contributed by atoms with Crippen LogP contribution in [0.4, 0.5) is 0 Å². The molecular weight excluding hydrogens is 364 g/mol. The number of nitrogens with zero attached hydrogens (tertiary/aromatic N) is 1. The van der Waals surface area contributed by atoms with E-state index in [2.05, 4.69) is 5.32 Å². The lowest BCUT2D eigenvalue weighted by Crippen LogP contribution is -2.50. The summed E-state index contributed by atoms with van der Waals surface area (Å²) >= 11 is 0. The van der Waals surface area contributed by atoms with Gasteiger partial charge in [-0.25, -0.2) is 0 Å². The molecule has 5 nitrogen and oxygen atoms in total. The largest absolute Gasteiger partial charge is 0.484 e. The number of hydrogen-bond donors (Lipinski definition) is 1. The van der Waals surface area contributed by atoms with E-state index in [0.29, 0.717) is 12.3 Å². The molecule has 0 fully saturated rings. The number of carbonyl (C=O) groups excluding carboxylic acids is 2. The molecular formula is C24H32N2O3. The molecule has 0 heterocycles. The Balaban J connectivity index is 2.14. The molecule has 5 heteroatoms. The molecule has 2 rings (SSSR count). The summed E-state index contributed by atoms with van der Waals surface area (Å²) < 4.78 is 5.70. The van der Waals surface area contributed by atoms with Gasteiger partial charge in [0.15, 0.2) is 6.61 Å². The third-order valence-electron chi connectivity index (χ3n) is 4.99. The Morgan fingerprint density at radius 3 is 2.34 bits per heavy atom. The number of hydrogen-bond acceptors (Lipinski definition) is 3. The topological polar surface area (TPSA) is 58.6 Å². The summed E-state index contributed by atoms with van der Waals surface area (Å²) in [6.07, 6.45) is 0.834. The first-order valence-electron chi connectivity index (χ1n) is 10.1. The van der Waals surface area contributed by atoms with E-state index in [1.165, 1.54) is 0 Å². The zero-order chi connectivity index (χ0) is 21.4. The molecule has 29 heavy (non-hydrogen) atoms. The van der Waals surface area contributed by atoms with Gasteiger partial charge in [0.2, 0.25) is 5.91 Å². The van der Waals surface area contributed by atoms with Crippen molar-refractivity contribution in [3.05, 3.63) is 65.2 Å². The van der Waals surface area contributed by atoms with Crippen LogP contribution in [-0.4, -0.2) is 35.4 Å². The van der Waals surface area contributed by atoms with Crippen LogP contribution in [0.25, 0.3) is 0 Å². The average Bonchev–Trinajstić information content (AvgIpc) is 2.71. The highest BCUT2D eigenvalue weighted by Crippen LogP contribution is 2.15. The highest BCUT2D eigenvalue weighted by Gasteiger charge is 2.27. The molecule has 0 saturated carbocycles. The van der Waals surface area contributed by atoms with Gasteiger partial charge in [-0.2, -0.15) is 0 Å². The first kappa shape index (κ1) is 22.5. The lowest BCUT2D eigenvalue weighted by atomic mass is 10.1. The normalized spacial score (nSPS) is 12.7. The Labute approximate surface area is 174 Å². The average molecular weight is 397 g/mol. The van der Waals surface area contributed by atoms with E-state index in [0.717, 1.165) is 23.1 Å². The van der Waals surface area contributed by atoms with Gasteiger partial charge in [0.05, 0.1) is 0 Å². The molecule has 0 aliphatic rings. The van der Waals surface area contributed by atoms with Crippen molar-refractivity contribution < 1.29 is 14.3 Å². The van der Waals surface area contributed by atoms with E-state index in [9.17, 15) is 9.59 Å². The molecule has 0 radical (unpaired) electrons. The fourth-order valence-corrected chi connectivity index (χ4v) is 2.87. The Morgan fingerprint density at radius 2 is 1.72 bits per heavy atom. The van der Waals surface area contributed by atoms with Crippen molar-refractivity contribution in [2.75, 3.05) is 6.61 Å². The van der Waals surface area contributed by atoms with E-state index < -0.39 is 6.04 Å². The maximum atomic E-state index is 13.0. The third-order valence-corrected chi connectivity index (χ3v) is 4.99. The van der Waals surface area contributed by atoms with E-state index in [4.69, 9.17) is 4.74 Å². The van der Waals surface area contributed by atoms with E-state index in [-0.39, 0.29) is 24.5 Å². The first-order valence-corrected chi connectivity index (χ1v) is 10.1. The molecule has 0 aromatic heterocycles. The van der Waals surface area contributed by atoms with Crippen LogP contribution in [0.3, 0.4) is 0 Å². The van der Waals surface area contributed by atoms with Crippen LogP contribution in [0, 0.1) is 13.8 Å². The van der Waals surface area contributed by atoms with Crippen LogP contribution in [-0.2, 0) is 16.1 Å². The minimum absolute atomic E-state index is 0.0600. The third kappa shape index (κ3) is 6.93. The van der Waals surface area contributed by atoms with Crippen molar-refractivity contribution in [3.63, 3.8) is 0 Å². The van der Waals surface area contributed by atoms with Crippen molar-refractivity contribution in [1.29, 1.82) is 0 Å². The zero-order valence-corrected chi connectivity index (χ0v) is 18.1. The van der Waals surface area contributed by atoms with Crippen molar-refractivity contribution in [2.45, 2.75) is 59.7 Å². The predicted molar refractivity (Wildman–Crippen MR) is 116 cm³/mol. The van der Waals surface area contributed by atoms with Crippen LogP contribution < -0.4 is 10.1 Å². The molecule has 0 aliphatic carbocycles. The second-order valence-corrected chi connectivity index (χ2v) is 7.61. The van der Waals surface area contributed by atoms with Gasteiger partial charge in [0.25, 0.3) is 5.91 Å². The molecule has 0 bridgehead atoms. The standard InChI is InChI=1S/C24H32N2O3/c1-6-19(4)25-24(28)20(5)26(15-21-12-10-17(2)11-13-21)23(27)16-29-22-9-7-8-18(3)14-22/h7-14,19-20H,6,15-16H2,1-5H3,(H,25,28)/t19-,20+/m1/s1. The van der Waals surface area contributed by atoms with Crippen molar-refractivity contribution >= 4 is 11.8 Å². The van der Waals surface area contributed by atoms with Crippen LogP contribution in [0.2, 0.25) is 0 Å². The fourth-order valence-electron chi connectivity index (χ4n) is 2.87. The zero-order valence-electron chi connectivity index (χ0n) is 18.1. The van der Waals surface area contributed by atoms with Crippen LogP contribution in [0.15, 0.2) is 48.5 Å². The summed E-state index contributed by atoms with van der Waals surface area (Å²) in [6, 6.07) is 15.0. The second-order valence-electron chi connectivity index (χ2n) is 7.61. The maximum absolute atomic E-state index is 13.0. The van der Waals surface area contributed by atoms with Crippen LogP contribution >= 0.6 is 0 Å². The number of nitrogens with one attached hydrogen (secondary N) is 1. The van der Waals surface area contributed by atoms with Gasteiger partial charge in [-0.15, -0.1) is 0 Å². The van der Waals surface area contributed by atoms with Gasteiger partial charge < -0.3 is 15.0 Å². The van der Waals surface area contributed by atoms with Gasteiger partial charge in [-0.3, -0.25) is 9.59 Å². The number of rotatable bonds is 9. The lowest BCUT2D eigenvalue weighted by molar-refractivity contribution is -0.142. The summed E-state index contributed by atoms with van der Waals surface area (Å²) in [4.78, 5) is 27.3. The number of benzene rings is 2. The minimum atomic E-state index is -0.598. The van der Waals surface area contributed by atoms with Gasteiger partial charge in [0, 0.05) is 12.6 Å². The van der Waals surface area contributed by atoms with E-state index in [1.54, 1.807) is 11.8 Å². The Hall–Kier alpha value is -2.82. The molecule has 2 aromatic rings. The van der Waals surface area contributed by atoms with Crippen molar-refractivity contribution in [1.82, 2.24) is 10.2 Å². The summed E-state index contributed by atoms with van der Waals surface area (Å²) in [7, 11) is 0. The first-order chi connectivity index (χ1) is 13.8. The lowest BCUT2D eigenvalue weighted by Gasteiger charge is -2.29. The molecule has 0 saturated heterocycles. The fraction of sp³-hybridized carbons (Fsp3) is 0.417. The van der Waals surface area contributed by atoms with Crippen molar-refractivity contribution in [3.8, 4) is 5.75 Å². The molecule has 0 spiro atoms. The van der Waals surface area contributed by atoms with Crippen LogP contribution in [0.1, 0.15) is 43.9 Å². The number of amides is 2. The van der Waals surface area contributed by atoms with Gasteiger partial charge in [-0.05, 0) is 57.4 Å². The smallest absolute Gasteiger partial charge is 0.261 e. The number of carbonyl (C=O) groups is 2. The molecule has 0 aliphatic heterocycles. The highest BCUT2D eigenvalue weighted by molar-refractivity contribution is 5.88. The summed E-state index contributed by atoms with van der Waals surface area (Å²) in [6.45, 7) is 9.96. The summed E-state index contributed by atoms with van der Waals surface area (Å²) in [5.74, 6) is 0.264. The van der Waals surface area contributed by atoms with E-state index in [1.807, 2.05) is 76.2 Å². The molecule has 2 aromatic carbocycles. The SMILES string of the molecule is CC[C@@H](C)NC(=O)[C@H](C)N(Cc1ccc(C)cc1)C(=O)COc1cccc(C)c1. The predicted octanol–water partition coefficient (Wildman–Crippen LogP) is 4.01. The molecule has 2 atom stereocenters.